The third kappa shape index (κ3) is 3.39. The Morgan fingerprint density at radius 2 is 2.38 bits per heavy atom. The normalized spacial score (nSPS) is 19.2. The Balaban J connectivity index is 1.62. The summed E-state index contributed by atoms with van der Waals surface area (Å²) < 4.78 is 5.14. The van der Waals surface area contributed by atoms with Gasteiger partial charge in [-0.15, -0.1) is 5.10 Å². The fourth-order valence-corrected chi connectivity index (χ4v) is 2.86. The lowest BCUT2D eigenvalue weighted by Crippen LogP contribution is -2.46. The molecule has 0 aromatic carbocycles. The molecule has 2 aromatic heterocycles. The molecule has 0 bridgehead atoms. The first kappa shape index (κ1) is 14.0. The van der Waals surface area contributed by atoms with Crippen molar-refractivity contribution < 1.29 is 4.52 Å². The molecule has 0 unspecified atom stereocenters. The molecule has 112 valence electrons. The van der Waals surface area contributed by atoms with Crippen LogP contribution in [0.1, 0.15) is 24.3 Å². The number of hydrogen-bond acceptors (Lipinski definition) is 6. The zero-order valence-corrected chi connectivity index (χ0v) is 12.6. The number of aromatic nitrogens is 3. The van der Waals surface area contributed by atoms with Crippen LogP contribution in [0.25, 0.3) is 0 Å². The Hall–Kier alpha value is -1.95. The van der Waals surface area contributed by atoms with Crippen molar-refractivity contribution in [2.75, 3.05) is 25.0 Å². The molecule has 1 fully saturated rings. The molecule has 3 heterocycles. The minimum Gasteiger partial charge on any atom is -0.361 e. The van der Waals surface area contributed by atoms with Crippen molar-refractivity contribution >= 4 is 5.82 Å². The predicted molar refractivity (Wildman–Crippen MR) is 80.0 cm³/mol. The highest BCUT2D eigenvalue weighted by Gasteiger charge is 2.24. The summed E-state index contributed by atoms with van der Waals surface area (Å²) in [5, 5.41) is 12.3. The molecule has 1 saturated heterocycles. The zero-order chi connectivity index (χ0) is 14.7. The maximum absolute atomic E-state index is 5.14. The lowest BCUT2D eigenvalue weighted by molar-refractivity contribution is 0.202. The summed E-state index contributed by atoms with van der Waals surface area (Å²) in [6, 6.07) is 6.46. The fraction of sp³-hybridized carbons (Fsp3) is 0.533. The maximum atomic E-state index is 5.14. The van der Waals surface area contributed by atoms with Crippen LogP contribution in [0, 0.1) is 6.92 Å². The van der Waals surface area contributed by atoms with E-state index in [1.807, 2.05) is 25.1 Å². The molecule has 0 saturated carbocycles. The van der Waals surface area contributed by atoms with Crippen molar-refractivity contribution in [1.82, 2.24) is 20.3 Å². The van der Waals surface area contributed by atoms with Crippen LogP contribution < -0.4 is 4.90 Å². The number of rotatable bonds is 4. The minimum absolute atomic E-state index is 0.498. The van der Waals surface area contributed by atoms with Gasteiger partial charge in [0.1, 0.15) is 5.76 Å². The van der Waals surface area contributed by atoms with Crippen molar-refractivity contribution in [3.8, 4) is 0 Å². The number of aryl methyl sites for hydroxylation is 1. The smallest absolute Gasteiger partial charge is 0.151 e. The number of nitrogens with zero attached hydrogens (tertiary/aromatic N) is 5. The molecule has 0 radical (unpaired) electrons. The van der Waals surface area contributed by atoms with Gasteiger partial charge in [-0.2, -0.15) is 5.10 Å². The van der Waals surface area contributed by atoms with Gasteiger partial charge in [-0.1, -0.05) is 5.16 Å². The highest BCUT2D eigenvalue weighted by molar-refractivity contribution is 5.37. The van der Waals surface area contributed by atoms with Gasteiger partial charge in [-0.3, -0.25) is 4.90 Å². The highest BCUT2D eigenvalue weighted by Crippen LogP contribution is 2.20. The van der Waals surface area contributed by atoms with Gasteiger partial charge in [0.15, 0.2) is 5.82 Å². The number of anilines is 1. The van der Waals surface area contributed by atoms with E-state index in [0.29, 0.717) is 6.04 Å². The van der Waals surface area contributed by atoms with E-state index in [1.54, 1.807) is 6.20 Å². The van der Waals surface area contributed by atoms with E-state index in [1.165, 1.54) is 12.8 Å². The monoisotopic (exact) mass is 287 g/mol. The summed E-state index contributed by atoms with van der Waals surface area (Å²) in [5.41, 5.74) is 0.992. The van der Waals surface area contributed by atoms with Crippen molar-refractivity contribution in [2.45, 2.75) is 32.4 Å². The first-order valence-electron chi connectivity index (χ1n) is 7.37. The van der Waals surface area contributed by atoms with Crippen LogP contribution in [-0.4, -0.2) is 46.4 Å². The molecule has 1 aliphatic heterocycles. The van der Waals surface area contributed by atoms with Crippen LogP contribution >= 0.6 is 0 Å². The summed E-state index contributed by atoms with van der Waals surface area (Å²) in [6.07, 6.45) is 4.08. The summed E-state index contributed by atoms with van der Waals surface area (Å²) in [6.45, 7) is 4.77. The van der Waals surface area contributed by atoms with Crippen LogP contribution in [0.3, 0.4) is 0 Å². The van der Waals surface area contributed by atoms with E-state index in [-0.39, 0.29) is 0 Å². The van der Waals surface area contributed by atoms with Crippen LogP contribution in [0.2, 0.25) is 0 Å². The quantitative estimate of drug-likeness (QED) is 0.855. The molecular formula is C15H21N5O. The summed E-state index contributed by atoms with van der Waals surface area (Å²) >= 11 is 0. The average molecular weight is 287 g/mol. The van der Waals surface area contributed by atoms with E-state index in [4.69, 9.17) is 4.52 Å². The molecule has 2 aromatic rings. The van der Waals surface area contributed by atoms with Crippen LogP contribution in [0.4, 0.5) is 5.82 Å². The summed E-state index contributed by atoms with van der Waals surface area (Å²) in [5.74, 6) is 1.83. The highest BCUT2D eigenvalue weighted by atomic mass is 16.5. The lowest BCUT2D eigenvalue weighted by atomic mass is 10.0. The molecule has 0 N–H and O–H groups in total. The standard InChI is InChI=1S/C15H21N5O/c1-12-9-13(18-21-12)10-19(2)14-5-4-8-20(11-14)15-6-3-7-16-17-15/h3,6-7,9,14H,4-5,8,10-11H2,1-2H3/t14-/m1/s1. The van der Waals surface area contributed by atoms with Gasteiger partial charge in [0.2, 0.25) is 0 Å². The van der Waals surface area contributed by atoms with Gasteiger partial charge in [0.05, 0.1) is 5.69 Å². The van der Waals surface area contributed by atoms with Gasteiger partial charge in [-0.25, -0.2) is 0 Å². The molecule has 0 aliphatic carbocycles. The molecule has 0 amide bonds. The van der Waals surface area contributed by atoms with Crippen molar-refractivity contribution in [3.05, 3.63) is 35.9 Å². The Labute approximate surface area is 124 Å². The van der Waals surface area contributed by atoms with Crippen LogP contribution in [0.15, 0.2) is 28.9 Å². The number of likely N-dealkylation sites (N-methyl/N-ethyl adjacent to an activating group) is 1. The number of piperidine rings is 1. The first-order chi connectivity index (χ1) is 10.2. The lowest BCUT2D eigenvalue weighted by Gasteiger charge is -2.37. The van der Waals surface area contributed by atoms with Crippen molar-refractivity contribution in [3.63, 3.8) is 0 Å². The van der Waals surface area contributed by atoms with Crippen LogP contribution in [-0.2, 0) is 6.54 Å². The van der Waals surface area contributed by atoms with E-state index < -0.39 is 0 Å². The maximum Gasteiger partial charge on any atom is 0.151 e. The second kappa shape index (κ2) is 6.22. The Bertz CT molecular complexity index is 570. The zero-order valence-electron chi connectivity index (χ0n) is 12.6. The van der Waals surface area contributed by atoms with Gasteiger partial charge >= 0.3 is 0 Å². The van der Waals surface area contributed by atoms with E-state index in [2.05, 4.69) is 32.2 Å². The van der Waals surface area contributed by atoms with Gasteiger partial charge in [0.25, 0.3) is 0 Å². The topological polar surface area (TPSA) is 58.3 Å². The molecule has 3 rings (SSSR count). The Morgan fingerprint density at radius 1 is 1.48 bits per heavy atom. The molecule has 6 heteroatoms. The van der Waals surface area contributed by atoms with Crippen molar-refractivity contribution in [1.29, 1.82) is 0 Å². The summed E-state index contributed by atoms with van der Waals surface area (Å²) in [7, 11) is 2.15. The Morgan fingerprint density at radius 3 is 3.10 bits per heavy atom. The van der Waals surface area contributed by atoms with Gasteiger partial charge < -0.3 is 9.42 Å². The van der Waals surface area contributed by atoms with Crippen LogP contribution in [0.5, 0.6) is 0 Å². The van der Waals surface area contributed by atoms with E-state index in [9.17, 15) is 0 Å². The minimum atomic E-state index is 0.498. The second-order valence-electron chi connectivity index (χ2n) is 5.67. The second-order valence-corrected chi connectivity index (χ2v) is 5.67. The molecule has 0 spiro atoms. The Kier molecular flexibility index (Phi) is 4.15. The largest absolute Gasteiger partial charge is 0.361 e. The molecule has 6 nitrogen and oxygen atoms in total. The third-order valence-electron chi connectivity index (χ3n) is 3.99. The molecule has 1 aliphatic rings. The average Bonchev–Trinajstić information content (AvgIpc) is 2.93. The molecular weight excluding hydrogens is 266 g/mol. The number of hydrogen-bond donors (Lipinski definition) is 0. The van der Waals surface area contributed by atoms with Gasteiger partial charge in [0, 0.05) is 37.9 Å². The van der Waals surface area contributed by atoms with E-state index >= 15 is 0 Å². The summed E-state index contributed by atoms with van der Waals surface area (Å²) in [4.78, 5) is 4.66. The first-order valence-corrected chi connectivity index (χ1v) is 7.37. The van der Waals surface area contributed by atoms with E-state index in [0.717, 1.165) is 36.9 Å². The SMILES string of the molecule is Cc1cc(CN(C)[C@@H]2CCCN(c3cccnn3)C2)no1. The predicted octanol–water partition coefficient (Wildman–Crippen LogP) is 1.87. The van der Waals surface area contributed by atoms with Crippen molar-refractivity contribution in [2.24, 2.45) is 0 Å². The molecule has 21 heavy (non-hydrogen) atoms. The van der Waals surface area contributed by atoms with Gasteiger partial charge in [-0.05, 0) is 38.9 Å². The molecule has 1 atom stereocenters. The fourth-order valence-electron chi connectivity index (χ4n) is 2.86. The third-order valence-corrected chi connectivity index (χ3v) is 3.99.